The predicted octanol–water partition coefficient (Wildman–Crippen LogP) is -3.64. The number of hydrogen-bond acceptors (Lipinski definition) is 9. The minimum Gasteiger partial charge on any atom is -0.480 e. The van der Waals surface area contributed by atoms with Gasteiger partial charge in [-0.3, -0.25) is 19.2 Å². The van der Waals surface area contributed by atoms with Gasteiger partial charge in [-0.05, 0) is 13.3 Å². The Kier molecular flexibility index (Phi) is 12.3. The van der Waals surface area contributed by atoms with Gasteiger partial charge in [-0.15, -0.1) is 0 Å². The largest absolute Gasteiger partial charge is 0.480 e. The molecule has 166 valence electrons. The zero-order valence-corrected chi connectivity index (χ0v) is 17.5. The molecule has 0 aromatic carbocycles. The number of aliphatic hydroxyl groups is 1. The summed E-state index contributed by atoms with van der Waals surface area (Å²) in [7, 11) is 0. The predicted molar refractivity (Wildman–Crippen MR) is 109 cm³/mol. The van der Waals surface area contributed by atoms with Gasteiger partial charge >= 0.3 is 5.97 Å². The van der Waals surface area contributed by atoms with E-state index >= 15 is 0 Å². The first kappa shape index (κ1) is 27.0. The third kappa shape index (κ3) is 9.83. The van der Waals surface area contributed by atoms with Crippen molar-refractivity contribution in [2.75, 3.05) is 11.5 Å². The number of hydrogen-bond donors (Lipinski definition) is 9. The van der Waals surface area contributed by atoms with Gasteiger partial charge in [-0.25, -0.2) is 4.79 Å². The van der Waals surface area contributed by atoms with E-state index in [9.17, 15) is 29.1 Å². The molecular formula is C15H27N5O7S2. The fraction of sp³-hybridized carbons (Fsp3) is 0.667. The first-order valence-corrected chi connectivity index (χ1v) is 9.78. The molecule has 0 radical (unpaired) electrons. The number of carboxylic acid groups (broad SMARTS) is 1. The minimum absolute atomic E-state index is 0.164. The number of rotatable bonds is 13. The Morgan fingerprint density at radius 3 is 1.76 bits per heavy atom. The van der Waals surface area contributed by atoms with Crippen molar-refractivity contribution in [1.29, 1.82) is 0 Å². The number of primary amides is 1. The number of carboxylic acids is 1. The first-order chi connectivity index (χ1) is 13.4. The van der Waals surface area contributed by atoms with E-state index in [1.54, 1.807) is 0 Å². The van der Waals surface area contributed by atoms with E-state index in [-0.39, 0.29) is 24.3 Å². The average molecular weight is 454 g/mol. The smallest absolute Gasteiger partial charge is 0.327 e. The molecule has 0 aliphatic carbocycles. The van der Waals surface area contributed by atoms with Gasteiger partial charge in [0.2, 0.25) is 23.6 Å². The molecule has 12 nitrogen and oxygen atoms in total. The van der Waals surface area contributed by atoms with Gasteiger partial charge in [-0.2, -0.15) is 25.3 Å². The van der Waals surface area contributed by atoms with Crippen LogP contribution in [-0.2, 0) is 24.0 Å². The highest BCUT2D eigenvalue weighted by Crippen LogP contribution is 2.02. The monoisotopic (exact) mass is 453 g/mol. The van der Waals surface area contributed by atoms with Crippen LogP contribution in [0.1, 0.15) is 19.8 Å². The molecule has 0 aromatic heterocycles. The molecule has 0 bridgehead atoms. The molecule has 0 aromatic rings. The fourth-order valence-corrected chi connectivity index (χ4v) is 2.47. The number of aliphatic hydroxyl groups excluding tert-OH is 1. The molecule has 0 heterocycles. The van der Waals surface area contributed by atoms with Crippen molar-refractivity contribution >= 4 is 54.9 Å². The average Bonchev–Trinajstić information content (AvgIpc) is 2.65. The number of nitrogens with two attached hydrogens (primary N) is 2. The van der Waals surface area contributed by atoms with Crippen LogP contribution in [0.2, 0.25) is 0 Å². The maximum absolute atomic E-state index is 12.4. The highest BCUT2D eigenvalue weighted by Gasteiger charge is 2.30. The fourth-order valence-electron chi connectivity index (χ4n) is 1.97. The molecule has 14 heteroatoms. The van der Waals surface area contributed by atoms with Crippen LogP contribution in [0.15, 0.2) is 0 Å². The highest BCUT2D eigenvalue weighted by atomic mass is 32.1. The molecule has 0 aliphatic rings. The number of amides is 4. The third-order valence-electron chi connectivity index (χ3n) is 3.75. The molecule has 0 aliphatic heterocycles. The maximum atomic E-state index is 12.4. The van der Waals surface area contributed by atoms with Crippen molar-refractivity contribution in [3.05, 3.63) is 0 Å². The van der Waals surface area contributed by atoms with Gasteiger partial charge in [0.15, 0.2) is 0 Å². The summed E-state index contributed by atoms with van der Waals surface area (Å²) in [5, 5.41) is 25.2. The van der Waals surface area contributed by atoms with Crippen molar-refractivity contribution in [2.45, 2.75) is 50.0 Å². The van der Waals surface area contributed by atoms with E-state index in [0.717, 1.165) is 0 Å². The van der Waals surface area contributed by atoms with Crippen molar-refractivity contribution in [3.63, 3.8) is 0 Å². The van der Waals surface area contributed by atoms with Gasteiger partial charge < -0.3 is 37.6 Å². The lowest BCUT2D eigenvalue weighted by molar-refractivity contribution is -0.141. The molecule has 29 heavy (non-hydrogen) atoms. The summed E-state index contributed by atoms with van der Waals surface area (Å²) in [6, 6.07) is -5.12. The zero-order valence-electron chi connectivity index (χ0n) is 15.7. The van der Waals surface area contributed by atoms with Gasteiger partial charge in [0, 0.05) is 17.9 Å². The van der Waals surface area contributed by atoms with Crippen molar-refractivity contribution in [2.24, 2.45) is 11.5 Å². The quantitative estimate of drug-likeness (QED) is 0.126. The molecular weight excluding hydrogens is 426 g/mol. The Morgan fingerprint density at radius 1 is 0.897 bits per heavy atom. The summed E-state index contributed by atoms with van der Waals surface area (Å²) < 4.78 is 0. The summed E-state index contributed by atoms with van der Waals surface area (Å²) >= 11 is 7.79. The summed E-state index contributed by atoms with van der Waals surface area (Å²) in [6.07, 6.45) is -1.63. The van der Waals surface area contributed by atoms with Gasteiger partial charge in [0.05, 0.1) is 6.10 Å². The maximum Gasteiger partial charge on any atom is 0.327 e. The van der Waals surface area contributed by atoms with E-state index in [0.29, 0.717) is 0 Å². The second kappa shape index (κ2) is 13.2. The minimum atomic E-state index is -1.33. The Bertz CT molecular complexity index is 620. The first-order valence-electron chi connectivity index (χ1n) is 8.52. The summed E-state index contributed by atoms with van der Waals surface area (Å²) in [5.41, 5.74) is 10.6. The standard InChI is InChI=1S/C15H27N5O7S2/c1-6(21)11(17)14(25)19-8(4-28)13(24)18-7(2-3-10(16)22)12(23)20-9(5-29)15(26)27/h6-9,11,21,28-29H,2-5,17H2,1H3,(H2,16,22)(H,18,24)(H,19,25)(H,20,23)(H,26,27). The highest BCUT2D eigenvalue weighted by molar-refractivity contribution is 7.80. The lowest BCUT2D eigenvalue weighted by atomic mass is 10.1. The van der Waals surface area contributed by atoms with Crippen LogP contribution in [0.5, 0.6) is 0 Å². The van der Waals surface area contributed by atoms with Crippen LogP contribution in [0, 0.1) is 0 Å². The van der Waals surface area contributed by atoms with Crippen molar-refractivity contribution in [3.8, 4) is 0 Å². The lowest BCUT2D eigenvalue weighted by Gasteiger charge is -2.24. The second-order valence-corrected chi connectivity index (χ2v) is 6.89. The van der Waals surface area contributed by atoms with Crippen molar-refractivity contribution < 1.29 is 34.2 Å². The molecule has 9 N–H and O–H groups in total. The van der Waals surface area contributed by atoms with Crippen LogP contribution in [0.25, 0.3) is 0 Å². The normalized spacial score (nSPS) is 15.9. The molecule has 0 rings (SSSR count). The van der Waals surface area contributed by atoms with Crippen LogP contribution in [0.4, 0.5) is 0 Å². The van der Waals surface area contributed by atoms with Crippen LogP contribution in [0.3, 0.4) is 0 Å². The number of nitrogens with one attached hydrogen (secondary N) is 3. The third-order valence-corrected chi connectivity index (χ3v) is 4.48. The van der Waals surface area contributed by atoms with Crippen LogP contribution >= 0.6 is 25.3 Å². The Morgan fingerprint density at radius 2 is 1.34 bits per heavy atom. The van der Waals surface area contributed by atoms with Gasteiger partial charge in [0.25, 0.3) is 0 Å². The summed E-state index contributed by atoms with van der Waals surface area (Å²) in [4.78, 5) is 58.8. The van der Waals surface area contributed by atoms with E-state index in [1.807, 2.05) is 0 Å². The van der Waals surface area contributed by atoms with Crippen LogP contribution in [-0.4, -0.2) is 81.6 Å². The number of aliphatic carboxylic acids is 1. The van der Waals surface area contributed by atoms with E-state index in [1.165, 1.54) is 6.92 Å². The molecule has 4 amide bonds. The topological polar surface area (TPSA) is 214 Å². The molecule has 0 saturated heterocycles. The number of thiol groups is 2. The Hall–Kier alpha value is -2.03. The Balaban J connectivity index is 5.24. The van der Waals surface area contributed by atoms with E-state index in [4.69, 9.17) is 16.6 Å². The van der Waals surface area contributed by atoms with Gasteiger partial charge in [-0.1, -0.05) is 0 Å². The van der Waals surface area contributed by atoms with E-state index in [2.05, 4.69) is 41.2 Å². The van der Waals surface area contributed by atoms with E-state index < -0.39 is 59.9 Å². The van der Waals surface area contributed by atoms with Gasteiger partial charge in [0.1, 0.15) is 24.2 Å². The Labute approximate surface area is 178 Å². The summed E-state index contributed by atoms with van der Waals surface area (Å²) in [6.45, 7) is 1.30. The zero-order chi connectivity index (χ0) is 22.7. The molecule has 5 unspecified atom stereocenters. The van der Waals surface area contributed by atoms with Crippen molar-refractivity contribution in [1.82, 2.24) is 16.0 Å². The molecule has 5 atom stereocenters. The SMILES string of the molecule is CC(O)C(N)C(=O)NC(CS)C(=O)NC(CCC(N)=O)C(=O)NC(CS)C(=O)O. The molecule has 0 spiro atoms. The number of carbonyl (C=O) groups is 5. The van der Waals surface area contributed by atoms with Crippen LogP contribution < -0.4 is 27.4 Å². The molecule has 0 fully saturated rings. The summed E-state index contributed by atoms with van der Waals surface area (Å²) in [5.74, 6) is -4.94. The molecule has 0 saturated carbocycles. The second-order valence-electron chi connectivity index (χ2n) is 6.16. The lowest BCUT2D eigenvalue weighted by Crippen LogP contribution is -2.58. The number of carbonyl (C=O) groups excluding carboxylic acids is 4.